The van der Waals surface area contributed by atoms with Crippen LogP contribution in [0.5, 0.6) is 0 Å². The predicted octanol–water partition coefficient (Wildman–Crippen LogP) is 3.04. The van der Waals surface area contributed by atoms with Gasteiger partial charge in [-0.2, -0.15) is 10.0 Å². The molecule has 30 heavy (non-hydrogen) atoms. The van der Waals surface area contributed by atoms with Gasteiger partial charge in [-0.1, -0.05) is 61.9 Å². The van der Waals surface area contributed by atoms with Gasteiger partial charge in [0.25, 0.3) is 11.8 Å². The van der Waals surface area contributed by atoms with Crippen LogP contribution in [0, 0.1) is 11.8 Å². The molecule has 0 aromatic heterocycles. The normalized spacial score (nSPS) is 24.1. The van der Waals surface area contributed by atoms with Gasteiger partial charge in [-0.05, 0) is 30.7 Å². The van der Waals surface area contributed by atoms with Crippen molar-refractivity contribution in [3.8, 4) is 11.8 Å². The minimum Gasteiger partial charge on any atom is -0.468 e. The van der Waals surface area contributed by atoms with Gasteiger partial charge < -0.3 is 4.74 Å². The fourth-order valence-corrected chi connectivity index (χ4v) is 3.98. The van der Waals surface area contributed by atoms with E-state index in [2.05, 4.69) is 11.8 Å². The number of hydrogen-bond donors (Lipinski definition) is 0. The average molecular weight is 402 g/mol. The molecule has 4 rings (SSSR count). The molecule has 2 amide bonds. The van der Waals surface area contributed by atoms with Crippen LogP contribution in [0.15, 0.2) is 54.6 Å². The molecule has 152 valence electrons. The Morgan fingerprint density at radius 2 is 1.63 bits per heavy atom. The van der Waals surface area contributed by atoms with Crippen molar-refractivity contribution < 1.29 is 19.1 Å². The average Bonchev–Trinajstić information content (AvgIpc) is 3.36. The summed E-state index contributed by atoms with van der Waals surface area (Å²) in [6.45, 7) is 2.04. The summed E-state index contributed by atoms with van der Waals surface area (Å²) in [5.74, 6) is 4.94. The predicted molar refractivity (Wildman–Crippen MR) is 110 cm³/mol. The molecule has 6 heteroatoms. The topological polar surface area (TPSA) is 66.7 Å². The zero-order chi connectivity index (χ0) is 21.3. The molecule has 2 heterocycles. The summed E-state index contributed by atoms with van der Waals surface area (Å²) in [4.78, 5) is 38.7. The van der Waals surface area contributed by atoms with Crippen LogP contribution in [0.1, 0.15) is 52.5 Å². The van der Waals surface area contributed by atoms with E-state index >= 15 is 0 Å². The first-order valence-corrected chi connectivity index (χ1v) is 9.98. The summed E-state index contributed by atoms with van der Waals surface area (Å²) in [6.07, 6.45) is 2.21. The molecule has 2 aromatic rings. The Bertz CT molecular complexity index is 1030. The first-order valence-electron chi connectivity index (χ1n) is 9.98. The van der Waals surface area contributed by atoms with Crippen LogP contribution in [-0.4, -0.2) is 46.5 Å². The molecule has 6 nitrogen and oxygen atoms in total. The number of rotatable bonds is 5. The van der Waals surface area contributed by atoms with Gasteiger partial charge in [-0.3, -0.25) is 14.4 Å². The maximum Gasteiger partial charge on any atom is 0.328 e. The van der Waals surface area contributed by atoms with Gasteiger partial charge in [0, 0.05) is 5.56 Å². The quantitative estimate of drug-likeness (QED) is 0.333. The molecule has 2 aromatic carbocycles. The first-order chi connectivity index (χ1) is 14.5. The fourth-order valence-electron chi connectivity index (χ4n) is 3.98. The molecule has 1 unspecified atom stereocenters. The minimum absolute atomic E-state index is 0.332. The second kappa shape index (κ2) is 7.77. The lowest BCUT2D eigenvalue weighted by molar-refractivity contribution is -0.141. The third kappa shape index (κ3) is 3.08. The Morgan fingerprint density at radius 3 is 2.20 bits per heavy atom. The van der Waals surface area contributed by atoms with Crippen LogP contribution >= 0.6 is 0 Å². The largest absolute Gasteiger partial charge is 0.468 e. The third-order valence-corrected chi connectivity index (χ3v) is 5.56. The number of benzene rings is 2. The van der Waals surface area contributed by atoms with Gasteiger partial charge in [-0.25, -0.2) is 0 Å². The van der Waals surface area contributed by atoms with Crippen LogP contribution in [-0.2, 0) is 9.53 Å². The second-order valence-electron chi connectivity index (χ2n) is 7.38. The third-order valence-electron chi connectivity index (χ3n) is 5.56. The maximum absolute atomic E-state index is 13.0. The molecular formula is C24H22N2O4. The molecule has 0 aliphatic carbocycles. The van der Waals surface area contributed by atoms with Crippen molar-refractivity contribution in [2.75, 3.05) is 7.11 Å². The van der Waals surface area contributed by atoms with Crippen LogP contribution in [0.25, 0.3) is 0 Å². The number of nitrogens with zero attached hydrogens (tertiary/aromatic N) is 2. The SMILES string of the molecule is CCCC[C@@]1(C#Cc2ccccc2)[C@H](C(=O)OC)N1N1C(=O)c2ccccc2C1=O. The van der Waals surface area contributed by atoms with Crippen LogP contribution < -0.4 is 0 Å². The number of esters is 1. The minimum atomic E-state index is -0.966. The Labute approximate surface area is 175 Å². The van der Waals surface area contributed by atoms with Crippen LogP contribution in [0.3, 0.4) is 0 Å². The summed E-state index contributed by atoms with van der Waals surface area (Å²) in [7, 11) is 1.30. The highest BCUT2D eigenvalue weighted by atomic mass is 16.5. The highest BCUT2D eigenvalue weighted by molar-refractivity contribution is 6.21. The number of unbranched alkanes of at least 4 members (excludes halogenated alkanes) is 1. The summed E-state index contributed by atoms with van der Waals surface area (Å²) < 4.78 is 5.00. The lowest BCUT2D eigenvalue weighted by Gasteiger charge is -2.19. The van der Waals surface area contributed by atoms with E-state index in [1.165, 1.54) is 12.1 Å². The highest BCUT2D eigenvalue weighted by Gasteiger charge is 2.71. The molecule has 2 aliphatic heterocycles. The number of carbonyl (C=O) groups excluding carboxylic acids is 3. The number of fused-ring (bicyclic) bond motifs is 1. The van der Waals surface area contributed by atoms with Crippen molar-refractivity contribution in [1.29, 1.82) is 0 Å². The lowest BCUT2D eigenvalue weighted by Crippen LogP contribution is -2.39. The fraction of sp³-hybridized carbons (Fsp3) is 0.292. The molecule has 0 radical (unpaired) electrons. The van der Waals surface area contributed by atoms with Gasteiger partial charge in [0.1, 0.15) is 5.54 Å². The Kier molecular flexibility index (Phi) is 5.15. The summed E-state index contributed by atoms with van der Waals surface area (Å²) in [5, 5.41) is 2.58. The summed E-state index contributed by atoms with van der Waals surface area (Å²) >= 11 is 0. The van der Waals surface area contributed by atoms with E-state index in [1.807, 2.05) is 37.3 Å². The van der Waals surface area contributed by atoms with Gasteiger partial charge in [0.15, 0.2) is 6.04 Å². The van der Waals surface area contributed by atoms with Crippen molar-refractivity contribution in [2.24, 2.45) is 0 Å². The van der Waals surface area contributed by atoms with E-state index < -0.39 is 29.4 Å². The van der Waals surface area contributed by atoms with Crippen LogP contribution in [0.4, 0.5) is 0 Å². The molecule has 3 atom stereocenters. The monoisotopic (exact) mass is 402 g/mol. The zero-order valence-corrected chi connectivity index (χ0v) is 16.9. The summed E-state index contributed by atoms with van der Waals surface area (Å²) in [6, 6.07) is 15.3. The van der Waals surface area contributed by atoms with E-state index in [0.717, 1.165) is 23.4 Å². The number of ether oxygens (including phenoxy) is 1. The van der Waals surface area contributed by atoms with E-state index in [9.17, 15) is 14.4 Å². The van der Waals surface area contributed by atoms with E-state index in [4.69, 9.17) is 4.74 Å². The maximum atomic E-state index is 13.0. The molecule has 0 N–H and O–H groups in total. The molecule has 2 aliphatic rings. The summed E-state index contributed by atoms with van der Waals surface area (Å²) in [5.41, 5.74) is 0.495. The van der Waals surface area contributed by atoms with Crippen molar-refractivity contribution in [3.63, 3.8) is 0 Å². The molecule has 0 saturated carbocycles. The smallest absolute Gasteiger partial charge is 0.328 e. The second-order valence-corrected chi connectivity index (χ2v) is 7.38. The van der Waals surface area contributed by atoms with Crippen molar-refractivity contribution >= 4 is 17.8 Å². The number of hydrazine groups is 1. The zero-order valence-electron chi connectivity index (χ0n) is 16.9. The standard InChI is InChI=1S/C24H22N2O4/c1-3-4-15-24(16-14-17-10-6-5-7-11-17)20(23(29)30-2)26(24)25-21(27)18-12-8-9-13-19(18)22(25)28/h5-13,20H,3-4,15H2,1-2H3/t20-,24+,26?/m0/s1. The van der Waals surface area contributed by atoms with Crippen molar-refractivity contribution in [1.82, 2.24) is 10.0 Å². The van der Waals surface area contributed by atoms with Gasteiger partial charge in [-0.15, -0.1) is 0 Å². The Morgan fingerprint density at radius 1 is 1.03 bits per heavy atom. The number of carbonyl (C=O) groups is 3. The van der Waals surface area contributed by atoms with Gasteiger partial charge >= 0.3 is 5.97 Å². The lowest BCUT2D eigenvalue weighted by atomic mass is 9.97. The van der Waals surface area contributed by atoms with E-state index in [1.54, 1.807) is 24.3 Å². The Hall–Kier alpha value is -3.43. The van der Waals surface area contributed by atoms with Crippen molar-refractivity contribution in [3.05, 3.63) is 71.3 Å². The molecule has 1 fully saturated rings. The van der Waals surface area contributed by atoms with Gasteiger partial charge in [0.2, 0.25) is 0 Å². The highest BCUT2D eigenvalue weighted by Crippen LogP contribution is 2.49. The molecular weight excluding hydrogens is 380 g/mol. The molecule has 1 saturated heterocycles. The van der Waals surface area contributed by atoms with E-state index in [0.29, 0.717) is 17.5 Å². The molecule has 0 spiro atoms. The van der Waals surface area contributed by atoms with Crippen LogP contribution in [0.2, 0.25) is 0 Å². The first kappa shape index (κ1) is 19.9. The number of amides is 2. The number of methoxy groups -OCH3 is 1. The van der Waals surface area contributed by atoms with Crippen molar-refractivity contribution in [2.45, 2.75) is 37.8 Å². The number of hydrogen-bond acceptors (Lipinski definition) is 5. The van der Waals surface area contributed by atoms with E-state index in [-0.39, 0.29) is 0 Å². The Balaban J connectivity index is 1.77. The number of imide groups is 1. The molecule has 0 bridgehead atoms. The van der Waals surface area contributed by atoms with Gasteiger partial charge in [0.05, 0.1) is 18.2 Å².